The van der Waals surface area contributed by atoms with Crippen LogP contribution >= 0.6 is 0 Å². The molecule has 0 aliphatic carbocycles. The van der Waals surface area contributed by atoms with E-state index in [0.717, 1.165) is 12.0 Å². The summed E-state index contributed by atoms with van der Waals surface area (Å²) in [7, 11) is 1.55. The van der Waals surface area contributed by atoms with Crippen LogP contribution in [-0.2, 0) is 19.0 Å². The van der Waals surface area contributed by atoms with E-state index in [4.69, 9.17) is 14.2 Å². The minimum Gasteiger partial charge on any atom is -0.430 e. The first-order valence-electron chi connectivity index (χ1n) is 5.15. The van der Waals surface area contributed by atoms with Gasteiger partial charge in [0.25, 0.3) is 0 Å². The highest BCUT2D eigenvalue weighted by Gasteiger charge is 2.54. The second-order valence-electron chi connectivity index (χ2n) is 4.19. The van der Waals surface area contributed by atoms with Crippen molar-refractivity contribution in [3.05, 3.63) is 12.2 Å². The summed E-state index contributed by atoms with van der Waals surface area (Å²) >= 11 is 0. The Morgan fingerprint density at radius 3 is 3.00 bits per heavy atom. The topological polar surface area (TPSA) is 44.8 Å². The number of hydrogen-bond donors (Lipinski definition) is 0. The van der Waals surface area contributed by atoms with Crippen LogP contribution in [0.1, 0.15) is 26.2 Å². The number of fused-ring (bicyclic) bond motifs is 1. The summed E-state index contributed by atoms with van der Waals surface area (Å²) < 4.78 is 16.3. The summed E-state index contributed by atoms with van der Waals surface area (Å²) in [6.45, 7) is 5.80. The molecule has 3 atom stereocenters. The van der Waals surface area contributed by atoms with Crippen molar-refractivity contribution >= 4 is 5.97 Å². The van der Waals surface area contributed by atoms with E-state index in [0.29, 0.717) is 6.42 Å². The molecule has 2 saturated heterocycles. The van der Waals surface area contributed by atoms with Crippen LogP contribution in [-0.4, -0.2) is 31.1 Å². The van der Waals surface area contributed by atoms with E-state index in [1.54, 1.807) is 7.11 Å². The lowest BCUT2D eigenvalue weighted by Crippen LogP contribution is -2.49. The lowest BCUT2D eigenvalue weighted by Gasteiger charge is -2.39. The Morgan fingerprint density at radius 2 is 2.40 bits per heavy atom. The molecule has 0 aromatic heterocycles. The maximum Gasteiger partial charge on any atom is 0.311 e. The van der Waals surface area contributed by atoms with Crippen LogP contribution in [0.5, 0.6) is 0 Å². The average Bonchev–Trinajstić information content (AvgIpc) is 2.53. The molecule has 0 aromatic carbocycles. The summed E-state index contributed by atoms with van der Waals surface area (Å²) in [5, 5.41) is 0. The summed E-state index contributed by atoms with van der Waals surface area (Å²) in [6.07, 6.45) is 1.47. The third-order valence-corrected chi connectivity index (χ3v) is 3.11. The normalized spacial score (nSPS) is 39.7. The van der Waals surface area contributed by atoms with Gasteiger partial charge in [0.2, 0.25) is 5.79 Å². The molecular weight excluding hydrogens is 196 g/mol. The molecular formula is C11H16O4. The number of carbonyl (C=O) groups excluding carboxylic acids is 1. The van der Waals surface area contributed by atoms with Gasteiger partial charge in [0.15, 0.2) is 0 Å². The largest absolute Gasteiger partial charge is 0.430 e. The lowest BCUT2D eigenvalue weighted by molar-refractivity contribution is -0.267. The molecule has 0 amide bonds. The molecule has 0 unspecified atom stereocenters. The molecule has 4 nitrogen and oxygen atoms in total. The predicted molar refractivity (Wildman–Crippen MR) is 53.2 cm³/mol. The zero-order chi connectivity index (χ0) is 11.1. The van der Waals surface area contributed by atoms with Gasteiger partial charge in [0.1, 0.15) is 6.10 Å². The first-order chi connectivity index (χ1) is 7.07. The fraction of sp³-hybridized carbons (Fsp3) is 0.727. The van der Waals surface area contributed by atoms with Crippen molar-refractivity contribution in [1.29, 1.82) is 0 Å². The summed E-state index contributed by atoms with van der Waals surface area (Å²) in [5.41, 5.74) is 0.985. The number of carbonyl (C=O) groups is 1. The monoisotopic (exact) mass is 212 g/mol. The maximum absolute atomic E-state index is 11.2. The van der Waals surface area contributed by atoms with E-state index in [9.17, 15) is 4.79 Å². The Bertz CT molecular complexity index is 299. The van der Waals surface area contributed by atoms with Gasteiger partial charge in [-0.3, -0.25) is 4.79 Å². The Morgan fingerprint density at radius 1 is 1.67 bits per heavy atom. The highest BCUT2D eigenvalue weighted by molar-refractivity contribution is 5.73. The Balaban J connectivity index is 2.14. The van der Waals surface area contributed by atoms with Crippen LogP contribution in [0.2, 0.25) is 0 Å². The molecule has 0 bridgehead atoms. The van der Waals surface area contributed by atoms with Crippen LogP contribution in [0.25, 0.3) is 0 Å². The van der Waals surface area contributed by atoms with Gasteiger partial charge >= 0.3 is 5.97 Å². The van der Waals surface area contributed by atoms with Crippen molar-refractivity contribution < 1.29 is 19.0 Å². The van der Waals surface area contributed by atoms with Gasteiger partial charge in [-0.05, 0) is 13.3 Å². The van der Waals surface area contributed by atoms with Gasteiger partial charge in [-0.25, -0.2) is 0 Å². The van der Waals surface area contributed by atoms with Crippen LogP contribution in [0.3, 0.4) is 0 Å². The first-order valence-corrected chi connectivity index (χ1v) is 5.15. The third-order valence-electron chi connectivity index (χ3n) is 3.11. The summed E-state index contributed by atoms with van der Waals surface area (Å²) in [5.74, 6) is -1.09. The van der Waals surface area contributed by atoms with Crippen LogP contribution in [0.15, 0.2) is 12.2 Å². The highest BCUT2D eigenvalue weighted by Crippen LogP contribution is 2.40. The van der Waals surface area contributed by atoms with Gasteiger partial charge in [-0.2, -0.15) is 0 Å². The van der Waals surface area contributed by atoms with Crippen molar-refractivity contribution in [3.8, 4) is 0 Å². The smallest absolute Gasteiger partial charge is 0.311 e. The Hall–Kier alpha value is -0.870. The van der Waals surface area contributed by atoms with E-state index in [1.165, 1.54) is 0 Å². The van der Waals surface area contributed by atoms with E-state index >= 15 is 0 Å². The molecule has 15 heavy (non-hydrogen) atoms. The van der Waals surface area contributed by atoms with Gasteiger partial charge in [-0.1, -0.05) is 12.2 Å². The molecule has 0 aromatic rings. The van der Waals surface area contributed by atoms with Crippen LogP contribution in [0, 0.1) is 0 Å². The molecule has 0 N–H and O–H groups in total. The zero-order valence-electron chi connectivity index (χ0n) is 9.12. The Labute approximate surface area is 89.2 Å². The maximum atomic E-state index is 11.2. The molecule has 4 heteroatoms. The van der Waals surface area contributed by atoms with Gasteiger partial charge in [0.05, 0.1) is 12.5 Å². The van der Waals surface area contributed by atoms with Crippen LogP contribution in [0.4, 0.5) is 0 Å². The Kier molecular flexibility index (Phi) is 2.56. The molecule has 0 spiro atoms. The predicted octanol–water partition coefficient (Wildman–Crippen LogP) is 1.40. The zero-order valence-corrected chi connectivity index (χ0v) is 9.12. The number of ether oxygens (including phenoxy) is 3. The van der Waals surface area contributed by atoms with Crippen molar-refractivity contribution in [2.45, 2.75) is 44.2 Å². The quantitative estimate of drug-likeness (QED) is 0.512. The first kappa shape index (κ1) is 10.6. The van der Waals surface area contributed by atoms with Gasteiger partial charge in [-0.15, -0.1) is 0 Å². The fourth-order valence-electron chi connectivity index (χ4n) is 2.21. The molecule has 0 saturated carbocycles. The minimum atomic E-state index is -0.844. The highest BCUT2D eigenvalue weighted by atomic mass is 16.7. The van der Waals surface area contributed by atoms with E-state index in [1.807, 2.05) is 6.92 Å². The molecule has 0 radical (unpaired) electrons. The summed E-state index contributed by atoms with van der Waals surface area (Å²) in [6, 6.07) is 0. The summed E-state index contributed by atoms with van der Waals surface area (Å²) in [4.78, 5) is 11.2. The molecule has 84 valence electrons. The van der Waals surface area contributed by atoms with E-state index < -0.39 is 5.79 Å². The van der Waals surface area contributed by atoms with Crippen molar-refractivity contribution in [1.82, 2.24) is 0 Å². The molecule has 2 aliphatic rings. The second kappa shape index (κ2) is 3.61. The fourth-order valence-corrected chi connectivity index (χ4v) is 2.21. The molecule has 2 rings (SSSR count). The lowest BCUT2D eigenvalue weighted by atomic mass is 9.94. The number of esters is 1. The van der Waals surface area contributed by atoms with E-state index in [-0.39, 0.29) is 24.6 Å². The standard InChI is InChI=1S/C11H16O4/c1-7(2)8-4-5-11(13-3)9(14-8)6-10(12)15-11/h8-9H,1,4-6H2,2-3H3/t8-,9-,11-/m1/s1. The van der Waals surface area contributed by atoms with Crippen molar-refractivity contribution in [3.63, 3.8) is 0 Å². The second-order valence-corrected chi connectivity index (χ2v) is 4.19. The van der Waals surface area contributed by atoms with Crippen molar-refractivity contribution in [2.75, 3.05) is 7.11 Å². The molecule has 2 aliphatic heterocycles. The average molecular weight is 212 g/mol. The SMILES string of the molecule is C=C(C)[C@H]1CC[C@@]2(OC)OC(=O)C[C@H]2O1. The number of hydrogen-bond acceptors (Lipinski definition) is 4. The number of rotatable bonds is 2. The van der Waals surface area contributed by atoms with Crippen molar-refractivity contribution in [2.24, 2.45) is 0 Å². The molecule has 2 heterocycles. The third kappa shape index (κ3) is 1.68. The van der Waals surface area contributed by atoms with Crippen LogP contribution < -0.4 is 0 Å². The minimum absolute atomic E-state index is 0.0211. The van der Waals surface area contributed by atoms with E-state index in [2.05, 4.69) is 6.58 Å². The molecule has 2 fully saturated rings. The van der Waals surface area contributed by atoms with Gasteiger partial charge < -0.3 is 14.2 Å². The van der Waals surface area contributed by atoms with Gasteiger partial charge in [0, 0.05) is 13.5 Å². The number of methoxy groups -OCH3 is 1.